The summed E-state index contributed by atoms with van der Waals surface area (Å²) in [6.07, 6.45) is 4.70. The van der Waals surface area contributed by atoms with E-state index in [0.717, 1.165) is 24.5 Å². The summed E-state index contributed by atoms with van der Waals surface area (Å²) in [6, 6.07) is 4.12. The standard InChI is InChI=1S/C15H24N2O/c1-11(2)15-13(5-4-8-18-15)10-17-14-6-7-16-12(3)9-14/h6-7,9,11,13,15H,4-5,8,10H2,1-3H3,(H,16,17). The van der Waals surface area contributed by atoms with Gasteiger partial charge in [-0.2, -0.15) is 0 Å². The van der Waals surface area contributed by atoms with E-state index in [0.29, 0.717) is 17.9 Å². The molecule has 2 unspecified atom stereocenters. The molecule has 2 heterocycles. The van der Waals surface area contributed by atoms with Crippen LogP contribution in [0.3, 0.4) is 0 Å². The van der Waals surface area contributed by atoms with Crippen LogP contribution in [0, 0.1) is 18.8 Å². The minimum absolute atomic E-state index is 0.397. The SMILES string of the molecule is Cc1cc(NCC2CCCOC2C(C)C)ccn1. The molecule has 0 saturated carbocycles. The van der Waals surface area contributed by atoms with Gasteiger partial charge >= 0.3 is 0 Å². The molecular weight excluding hydrogens is 224 g/mol. The third-order valence-corrected chi connectivity index (χ3v) is 3.62. The zero-order chi connectivity index (χ0) is 13.0. The van der Waals surface area contributed by atoms with Crippen LogP contribution in [0.15, 0.2) is 18.3 Å². The largest absolute Gasteiger partial charge is 0.385 e. The molecule has 1 aromatic heterocycles. The van der Waals surface area contributed by atoms with E-state index >= 15 is 0 Å². The normalized spacial score (nSPS) is 24.2. The van der Waals surface area contributed by atoms with Gasteiger partial charge in [0, 0.05) is 36.6 Å². The quantitative estimate of drug-likeness (QED) is 0.888. The van der Waals surface area contributed by atoms with Crippen molar-refractivity contribution in [3.63, 3.8) is 0 Å². The first-order chi connectivity index (χ1) is 8.66. The van der Waals surface area contributed by atoms with Gasteiger partial charge in [0.2, 0.25) is 0 Å². The number of anilines is 1. The van der Waals surface area contributed by atoms with Crippen molar-refractivity contribution in [2.45, 2.75) is 39.7 Å². The molecule has 100 valence electrons. The Labute approximate surface area is 110 Å². The highest BCUT2D eigenvalue weighted by molar-refractivity contribution is 5.42. The number of rotatable bonds is 4. The summed E-state index contributed by atoms with van der Waals surface area (Å²) in [6.45, 7) is 8.44. The minimum atomic E-state index is 0.397. The summed E-state index contributed by atoms with van der Waals surface area (Å²) in [4.78, 5) is 4.21. The molecule has 18 heavy (non-hydrogen) atoms. The minimum Gasteiger partial charge on any atom is -0.385 e. The average molecular weight is 248 g/mol. The van der Waals surface area contributed by atoms with E-state index < -0.39 is 0 Å². The maximum atomic E-state index is 5.91. The number of aryl methyl sites for hydroxylation is 1. The van der Waals surface area contributed by atoms with E-state index in [9.17, 15) is 0 Å². The molecule has 1 aromatic rings. The molecule has 1 N–H and O–H groups in total. The van der Waals surface area contributed by atoms with Crippen LogP contribution in [-0.4, -0.2) is 24.2 Å². The van der Waals surface area contributed by atoms with Crippen LogP contribution >= 0.6 is 0 Å². The summed E-state index contributed by atoms with van der Waals surface area (Å²) in [5.74, 6) is 1.21. The molecule has 3 heteroatoms. The topological polar surface area (TPSA) is 34.1 Å². The Morgan fingerprint density at radius 2 is 2.33 bits per heavy atom. The van der Waals surface area contributed by atoms with Crippen LogP contribution in [0.5, 0.6) is 0 Å². The molecule has 2 atom stereocenters. The Morgan fingerprint density at radius 1 is 1.50 bits per heavy atom. The highest BCUT2D eigenvalue weighted by atomic mass is 16.5. The Hall–Kier alpha value is -1.09. The predicted octanol–water partition coefficient (Wildman–Crippen LogP) is 3.25. The first-order valence-electron chi connectivity index (χ1n) is 6.95. The fourth-order valence-corrected chi connectivity index (χ4v) is 2.72. The highest BCUT2D eigenvalue weighted by Gasteiger charge is 2.28. The number of nitrogens with zero attached hydrogens (tertiary/aromatic N) is 1. The highest BCUT2D eigenvalue weighted by Crippen LogP contribution is 2.26. The number of ether oxygens (including phenoxy) is 1. The lowest BCUT2D eigenvalue weighted by Gasteiger charge is -2.34. The van der Waals surface area contributed by atoms with Gasteiger partial charge in [-0.15, -0.1) is 0 Å². The third-order valence-electron chi connectivity index (χ3n) is 3.62. The summed E-state index contributed by atoms with van der Waals surface area (Å²) in [7, 11) is 0. The molecule has 0 aliphatic carbocycles. The first kappa shape index (κ1) is 13.3. The summed E-state index contributed by atoms with van der Waals surface area (Å²) in [5, 5.41) is 3.52. The van der Waals surface area contributed by atoms with Gasteiger partial charge in [0.15, 0.2) is 0 Å². The van der Waals surface area contributed by atoms with E-state index in [1.54, 1.807) is 0 Å². The number of hydrogen-bond donors (Lipinski definition) is 1. The van der Waals surface area contributed by atoms with Crippen LogP contribution in [0.25, 0.3) is 0 Å². The van der Waals surface area contributed by atoms with Gasteiger partial charge in [0.25, 0.3) is 0 Å². The van der Waals surface area contributed by atoms with Crippen molar-refractivity contribution in [3.8, 4) is 0 Å². The molecule has 0 radical (unpaired) electrons. The van der Waals surface area contributed by atoms with Gasteiger partial charge in [0.05, 0.1) is 6.10 Å². The molecule has 0 bridgehead atoms. The average Bonchev–Trinajstić information content (AvgIpc) is 2.37. The molecule has 0 amide bonds. The van der Waals surface area contributed by atoms with Crippen molar-refractivity contribution < 1.29 is 4.74 Å². The molecule has 1 saturated heterocycles. The molecule has 1 aliphatic rings. The molecular formula is C15H24N2O. The Bertz CT molecular complexity index is 379. The van der Waals surface area contributed by atoms with Crippen molar-refractivity contribution in [1.82, 2.24) is 4.98 Å². The zero-order valence-corrected chi connectivity index (χ0v) is 11.6. The Balaban J connectivity index is 1.91. The second-order valence-corrected chi connectivity index (χ2v) is 5.55. The summed E-state index contributed by atoms with van der Waals surface area (Å²) in [5.41, 5.74) is 2.22. The molecule has 0 aromatic carbocycles. The number of aromatic nitrogens is 1. The van der Waals surface area contributed by atoms with Gasteiger partial charge in [-0.3, -0.25) is 4.98 Å². The smallest absolute Gasteiger partial charge is 0.0642 e. The van der Waals surface area contributed by atoms with Crippen LogP contribution < -0.4 is 5.32 Å². The summed E-state index contributed by atoms with van der Waals surface area (Å²) >= 11 is 0. The number of pyridine rings is 1. The first-order valence-corrected chi connectivity index (χ1v) is 6.95. The lowest BCUT2D eigenvalue weighted by Crippen LogP contribution is -2.37. The van der Waals surface area contributed by atoms with Gasteiger partial charge < -0.3 is 10.1 Å². The molecule has 1 fully saturated rings. The van der Waals surface area contributed by atoms with Crippen molar-refractivity contribution >= 4 is 5.69 Å². The van der Waals surface area contributed by atoms with E-state index in [1.165, 1.54) is 12.8 Å². The molecule has 2 rings (SSSR count). The van der Waals surface area contributed by atoms with Gasteiger partial charge in [-0.25, -0.2) is 0 Å². The number of hydrogen-bond acceptors (Lipinski definition) is 3. The van der Waals surface area contributed by atoms with Crippen LogP contribution in [0.2, 0.25) is 0 Å². The molecule has 1 aliphatic heterocycles. The fourth-order valence-electron chi connectivity index (χ4n) is 2.72. The van der Waals surface area contributed by atoms with E-state index in [-0.39, 0.29) is 0 Å². The van der Waals surface area contributed by atoms with Crippen LogP contribution in [0.1, 0.15) is 32.4 Å². The van der Waals surface area contributed by atoms with Gasteiger partial charge in [-0.1, -0.05) is 13.8 Å². The van der Waals surface area contributed by atoms with Crippen molar-refractivity contribution in [2.75, 3.05) is 18.5 Å². The number of nitrogens with one attached hydrogen (secondary N) is 1. The Kier molecular flexibility index (Phi) is 4.59. The van der Waals surface area contributed by atoms with Crippen LogP contribution in [-0.2, 0) is 4.74 Å². The second-order valence-electron chi connectivity index (χ2n) is 5.55. The molecule has 0 spiro atoms. The van der Waals surface area contributed by atoms with Crippen molar-refractivity contribution in [3.05, 3.63) is 24.0 Å². The van der Waals surface area contributed by atoms with E-state index in [2.05, 4.69) is 30.2 Å². The lowest BCUT2D eigenvalue weighted by molar-refractivity contribution is -0.0480. The van der Waals surface area contributed by atoms with Gasteiger partial charge in [-0.05, 0) is 37.8 Å². The van der Waals surface area contributed by atoms with Gasteiger partial charge in [0.1, 0.15) is 0 Å². The predicted molar refractivity (Wildman–Crippen MR) is 74.8 cm³/mol. The second kappa shape index (κ2) is 6.19. The summed E-state index contributed by atoms with van der Waals surface area (Å²) < 4.78 is 5.91. The monoisotopic (exact) mass is 248 g/mol. The lowest BCUT2D eigenvalue weighted by atomic mass is 9.87. The Morgan fingerprint density at radius 3 is 3.06 bits per heavy atom. The maximum absolute atomic E-state index is 5.91. The van der Waals surface area contributed by atoms with E-state index in [4.69, 9.17) is 4.74 Å². The van der Waals surface area contributed by atoms with E-state index in [1.807, 2.05) is 19.2 Å². The molecule has 3 nitrogen and oxygen atoms in total. The zero-order valence-electron chi connectivity index (χ0n) is 11.6. The van der Waals surface area contributed by atoms with Crippen molar-refractivity contribution in [1.29, 1.82) is 0 Å². The maximum Gasteiger partial charge on any atom is 0.0642 e. The van der Waals surface area contributed by atoms with Crippen molar-refractivity contribution in [2.24, 2.45) is 11.8 Å². The fraction of sp³-hybridized carbons (Fsp3) is 0.667. The third kappa shape index (κ3) is 3.45. The van der Waals surface area contributed by atoms with Crippen LogP contribution in [0.4, 0.5) is 5.69 Å².